The lowest BCUT2D eigenvalue weighted by atomic mass is 10.0. The van der Waals surface area contributed by atoms with Gasteiger partial charge in [-0.1, -0.05) is 37.6 Å². The molecule has 0 spiro atoms. The van der Waals surface area contributed by atoms with Gasteiger partial charge in [-0.3, -0.25) is 9.69 Å². The first-order valence-electron chi connectivity index (χ1n) is 9.12. The Hall–Kier alpha value is -1.39. The molecule has 0 bridgehead atoms. The Morgan fingerprint density at radius 2 is 1.96 bits per heavy atom. The number of amides is 1. The highest BCUT2D eigenvalue weighted by Crippen LogP contribution is 2.14. The van der Waals surface area contributed by atoms with Crippen LogP contribution in [0.4, 0.5) is 0 Å². The van der Waals surface area contributed by atoms with Crippen LogP contribution in [0.1, 0.15) is 37.0 Å². The Labute approximate surface area is 146 Å². The molecule has 1 aliphatic rings. The second-order valence-corrected chi connectivity index (χ2v) is 7.19. The highest BCUT2D eigenvalue weighted by molar-refractivity contribution is 5.76. The van der Waals surface area contributed by atoms with Crippen molar-refractivity contribution in [2.45, 2.75) is 46.6 Å². The lowest BCUT2D eigenvalue weighted by molar-refractivity contribution is -0.121. The van der Waals surface area contributed by atoms with Gasteiger partial charge in [-0.15, -0.1) is 0 Å². The molecule has 1 saturated heterocycles. The van der Waals surface area contributed by atoms with Gasteiger partial charge in [0.15, 0.2) is 0 Å². The van der Waals surface area contributed by atoms with E-state index in [2.05, 4.69) is 56.1 Å². The van der Waals surface area contributed by atoms with E-state index in [0.717, 1.165) is 39.3 Å². The van der Waals surface area contributed by atoms with Gasteiger partial charge in [-0.2, -0.15) is 0 Å². The number of hydrogen-bond acceptors (Lipinski definition) is 3. The highest BCUT2D eigenvalue weighted by Gasteiger charge is 2.24. The van der Waals surface area contributed by atoms with E-state index >= 15 is 0 Å². The van der Waals surface area contributed by atoms with Crippen LogP contribution in [-0.4, -0.2) is 49.7 Å². The molecule has 1 fully saturated rings. The Bertz CT molecular complexity index is 536. The maximum Gasteiger partial charge on any atom is 0.220 e. The maximum atomic E-state index is 12.3. The highest BCUT2D eigenvalue weighted by atomic mass is 16.5. The molecule has 24 heavy (non-hydrogen) atoms. The summed E-state index contributed by atoms with van der Waals surface area (Å²) in [5.74, 6) is 0.664. The van der Waals surface area contributed by atoms with Crippen LogP contribution in [0.5, 0.6) is 0 Å². The molecule has 1 atom stereocenters. The van der Waals surface area contributed by atoms with Crippen molar-refractivity contribution >= 4 is 5.91 Å². The molecule has 0 aromatic heterocycles. The predicted molar refractivity (Wildman–Crippen MR) is 98.3 cm³/mol. The van der Waals surface area contributed by atoms with Crippen LogP contribution in [0, 0.1) is 19.8 Å². The lowest BCUT2D eigenvalue weighted by Gasteiger charge is -2.36. The van der Waals surface area contributed by atoms with Crippen LogP contribution >= 0.6 is 0 Å². The number of aryl methyl sites for hydroxylation is 3. The van der Waals surface area contributed by atoms with Crippen LogP contribution in [0.2, 0.25) is 0 Å². The van der Waals surface area contributed by atoms with E-state index in [1.54, 1.807) is 0 Å². The number of rotatable bonds is 7. The summed E-state index contributed by atoms with van der Waals surface area (Å²) in [5.41, 5.74) is 3.81. The number of morpholine rings is 1. The lowest BCUT2D eigenvalue weighted by Crippen LogP contribution is -2.51. The van der Waals surface area contributed by atoms with Gasteiger partial charge in [0.05, 0.1) is 13.2 Å². The van der Waals surface area contributed by atoms with E-state index in [1.165, 1.54) is 16.7 Å². The van der Waals surface area contributed by atoms with E-state index in [-0.39, 0.29) is 5.91 Å². The first kappa shape index (κ1) is 18.9. The molecule has 0 radical (unpaired) electrons. The van der Waals surface area contributed by atoms with E-state index in [1.807, 2.05) is 0 Å². The van der Waals surface area contributed by atoms with Crippen molar-refractivity contribution in [3.63, 3.8) is 0 Å². The number of hydrogen-bond donors (Lipinski definition) is 1. The van der Waals surface area contributed by atoms with Crippen molar-refractivity contribution in [3.8, 4) is 0 Å². The third-order valence-electron chi connectivity index (χ3n) is 4.91. The van der Waals surface area contributed by atoms with Crippen molar-refractivity contribution in [2.75, 3.05) is 32.8 Å². The molecule has 1 unspecified atom stereocenters. The summed E-state index contributed by atoms with van der Waals surface area (Å²) in [5, 5.41) is 3.14. The fourth-order valence-corrected chi connectivity index (χ4v) is 3.38. The average molecular weight is 332 g/mol. The van der Waals surface area contributed by atoms with E-state index in [9.17, 15) is 4.79 Å². The number of benzene rings is 1. The molecule has 0 aliphatic carbocycles. The number of nitrogens with zero attached hydrogens (tertiary/aromatic N) is 1. The fourth-order valence-electron chi connectivity index (χ4n) is 3.38. The van der Waals surface area contributed by atoms with Crippen LogP contribution in [0.25, 0.3) is 0 Å². The first-order valence-corrected chi connectivity index (χ1v) is 9.12. The van der Waals surface area contributed by atoms with Gasteiger partial charge in [0.2, 0.25) is 5.91 Å². The molecule has 0 saturated carbocycles. The molecule has 4 nitrogen and oxygen atoms in total. The van der Waals surface area contributed by atoms with Crippen LogP contribution in [0.15, 0.2) is 18.2 Å². The van der Waals surface area contributed by atoms with Gasteiger partial charge in [-0.25, -0.2) is 0 Å². The predicted octanol–water partition coefficient (Wildman–Crippen LogP) is 2.71. The minimum Gasteiger partial charge on any atom is -0.379 e. The quantitative estimate of drug-likeness (QED) is 0.835. The second-order valence-electron chi connectivity index (χ2n) is 7.19. The minimum absolute atomic E-state index is 0.147. The zero-order valence-electron chi connectivity index (χ0n) is 15.6. The molecule has 1 heterocycles. The number of ether oxygens (including phenoxy) is 1. The standard InChI is InChI=1S/C20H32N2O2/c1-15(2)19(22-9-11-24-12-10-22)14-21-20(23)8-7-18-6-5-16(3)13-17(18)4/h5-6,13,15,19H,7-12,14H2,1-4H3,(H,21,23). The third-order valence-corrected chi connectivity index (χ3v) is 4.91. The Kier molecular flexibility index (Phi) is 7.25. The van der Waals surface area contributed by atoms with Gasteiger partial charge >= 0.3 is 0 Å². The molecule has 1 N–H and O–H groups in total. The summed E-state index contributed by atoms with van der Waals surface area (Å²) in [6, 6.07) is 6.83. The molecule has 1 amide bonds. The van der Waals surface area contributed by atoms with Crippen molar-refractivity contribution in [3.05, 3.63) is 34.9 Å². The van der Waals surface area contributed by atoms with Crippen LogP contribution < -0.4 is 5.32 Å². The van der Waals surface area contributed by atoms with E-state index in [4.69, 9.17) is 4.74 Å². The zero-order chi connectivity index (χ0) is 17.5. The SMILES string of the molecule is Cc1ccc(CCC(=O)NCC(C(C)C)N2CCOCC2)c(C)c1. The molecule has 1 aromatic rings. The summed E-state index contributed by atoms with van der Waals surface area (Å²) in [4.78, 5) is 14.7. The summed E-state index contributed by atoms with van der Waals surface area (Å²) in [7, 11) is 0. The molecule has 4 heteroatoms. The molecule has 134 valence electrons. The summed E-state index contributed by atoms with van der Waals surface area (Å²) >= 11 is 0. The Morgan fingerprint density at radius 1 is 1.25 bits per heavy atom. The normalized spacial score (nSPS) is 17.0. The summed E-state index contributed by atoms with van der Waals surface area (Å²) < 4.78 is 5.43. The zero-order valence-corrected chi connectivity index (χ0v) is 15.6. The summed E-state index contributed by atoms with van der Waals surface area (Å²) in [6.45, 7) is 12.9. The molecular weight excluding hydrogens is 300 g/mol. The molecular formula is C20H32N2O2. The van der Waals surface area contributed by atoms with Gasteiger partial charge in [0, 0.05) is 32.1 Å². The maximum absolute atomic E-state index is 12.3. The van der Waals surface area contributed by atoms with Crippen LogP contribution in [0.3, 0.4) is 0 Å². The van der Waals surface area contributed by atoms with Gasteiger partial charge < -0.3 is 10.1 Å². The van der Waals surface area contributed by atoms with E-state index < -0.39 is 0 Å². The van der Waals surface area contributed by atoms with E-state index in [0.29, 0.717) is 18.4 Å². The number of carbonyl (C=O) groups is 1. The molecule has 2 rings (SSSR count). The minimum atomic E-state index is 0.147. The first-order chi connectivity index (χ1) is 11.5. The number of carbonyl (C=O) groups excluding carboxylic acids is 1. The van der Waals surface area contributed by atoms with Gasteiger partial charge in [0.1, 0.15) is 0 Å². The van der Waals surface area contributed by atoms with Crippen molar-refractivity contribution in [1.29, 1.82) is 0 Å². The summed E-state index contributed by atoms with van der Waals surface area (Å²) in [6.07, 6.45) is 1.36. The average Bonchev–Trinajstić information content (AvgIpc) is 2.55. The van der Waals surface area contributed by atoms with Crippen LogP contribution in [-0.2, 0) is 16.0 Å². The van der Waals surface area contributed by atoms with Crippen molar-refractivity contribution in [1.82, 2.24) is 10.2 Å². The van der Waals surface area contributed by atoms with Gasteiger partial charge in [-0.05, 0) is 37.3 Å². The van der Waals surface area contributed by atoms with Crippen molar-refractivity contribution < 1.29 is 9.53 Å². The topological polar surface area (TPSA) is 41.6 Å². The largest absolute Gasteiger partial charge is 0.379 e. The monoisotopic (exact) mass is 332 g/mol. The Balaban J connectivity index is 1.80. The number of nitrogens with one attached hydrogen (secondary N) is 1. The molecule has 1 aromatic carbocycles. The molecule has 1 aliphatic heterocycles. The van der Waals surface area contributed by atoms with Gasteiger partial charge in [0.25, 0.3) is 0 Å². The second kappa shape index (κ2) is 9.19. The van der Waals surface area contributed by atoms with Crippen molar-refractivity contribution in [2.24, 2.45) is 5.92 Å². The smallest absolute Gasteiger partial charge is 0.220 e. The Morgan fingerprint density at radius 3 is 2.58 bits per heavy atom. The fraction of sp³-hybridized carbons (Fsp3) is 0.650. The third kappa shape index (κ3) is 5.60.